The molecule has 3 N–H and O–H groups in total. The highest BCUT2D eigenvalue weighted by Gasteiger charge is 2.27. The van der Waals surface area contributed by atoms with Crippen LogP contribution in [-0.4, -0.2) is 56.0 Å². The Hall–Kier alpha value is -2.88. The van der Waals surface area contributed by atoms with E-state index < -0.39 is 0 Å². The number of aliphatic hydroxyl groups is 2. The molecule has 1 saturated heterocycles. The van der Waals surface area contributed by atoms with Crippen LogP contribution in [0, 0.1) is 0 Å². The first-order valence-electron chi connectivity index (χ1n) is 9.35. The molecule has 9 heteroatoms. The normalized spacial score (nSPS) is 17.7. The summed E-state index contributed by atoms with van der Waals surface area (Å²) in [6.07, 6.45) is 6.32. The molecule has 3 aromatic rings. The Morgan fingerprint density at radius 1 is 1.14 bits per heavy atom. The van der Waals surface area contributed by atoms with Crippen molar-refractivity contribution < 1.29 is 19.7 Å². The van der Waals surface area contributed by atoms with Crippen LogP contribution in [0.2, 0.25) is 0 Å². The summed E-state index contributed by atoms with van der Waals surface area (Å²) in [5.41, 5.74) is 1.80. The van der Waals surface area contributed by atoms with Crippen molar-refractivity contribution >= 4 is 22.9 Å². The Bertz CT molecular complexity index is 900. The maximum absolute atomic E-state index is 12.4. The molecule has 0 spiro atoms. The smallest absolute Gasteiger partial charge is 0.256 e. The number of anilines is 1. The van der Waals surface area contributed by atoms with E-state index in [-0.39, 0.29) is 18.2 Å². The summed E-state index contributed by atoms with van der Waals surface area (Å²) in [5.74, 6) is 0.181. The molecule has 0 saturated carbocycles. The predicted molar refractivity (Wildman–Crippen MR) is 109 cm³/mol. The Balaban J connectivity index is 0.000000707. The number of aliphatic hydroxyl groups excluding tert-OH is 2. The molecule has 156 valence electrons. The van der Waals surface area contributed by atoms with E-state index in [1.165, 1.54) is 6.33 Å². The highest BCUT2D eigenvalue weighted by molar-refractivity contribution is 6.06. The largest absolute Gasteiger partial charge is 0.400 e. The van der Waals surface area contributed by atoms with Gasteiger partial charge in [-0.15, -0.1) is 0 Å². The van der Waals surface area contributed by atoms with Crippen molar-refractivity contribution in [2.75, 3.05) is 19.5 Å². The van der Waals surface area contributed by atoms with E-state index in [2.05, 4.69) is 27.2 Å². The third-order valence-electron chi connectivity index (χ3n) is 4.48. The van der Waals surface area contributed by atoms with Crippen LogP contribution in [0.15, 0.2) is 43.0 Å². The summed E-state index contributed by atoms with van der Waals surface area (Å²) in [5, 5.41) is 16.8. The lowest BCUT2D eigenvalue weighted by Crippen LogP contribution is -2.14. The number of amides is 1. The third kappa shape index (κ3) is 5.14. The number of nitrogens with zero attached hydrogens (tertiary/aromatic N) is 4. The highest BCUT2D eigenvalue weighted by Crippen LogP contribution is 2.32. The Morgan fingerprint density at radius 3 is 2.52 bits per heavy atom. The van der Waals surface area contributed by atoms with E-state index in [4.69, 9.17) is 14.9 Å². The zero-order valence-electron chi connectivity index (χ0n) is 16.8. The van der Waals surface area contributed by atoms with Crippen molar-refractivity contribution in [2.45, 2.75) is 38.5 Å². The average Bonchev–Trinajstić information content (AvgIpc) is 3.44. The summed E-state index contributed by atoms with van der Waals surface area (Å²) in [7, 11) is 2.00. The van der Waals surface area contributed by atoms with Crippen LogP contribution in [0.5, 0.6) is 0 Å². The fourth-order valence-corrected chi connectivity index (χ4v) is 3.12. The lowest BCUT2D eigenvalue weighted by atomic mass is 10.2. The number of hydrogen-bond donors (Lipinski definition) is 3. The van der Waals surface area contributed by atoms with Crippen molar-refractivity contribution in [1.29, 1.82) is 0 Å². The van der Waals surface area contributed by atoms with Gasteiger partial charge >= 0.3 is 0 Å². The Kier molecular flexibility index (Phi) is 8.66. The topological polar surface area (TPSA) is 122 Å². The van der Waals surface area contributed by atoms with Crippen molar-refractivity contribution in [3.05, 3.63) is 48.5 Å². The number of aromatic nitrogens is 4. The van der Waals surface area contributed by atoms with Crippen LogP contribution in [0.3, 0.4) is 0 Å². The molecule has 3 heterocycles. The maximum atomic E-state index is 12.4. The van der Waals surface area contributed by atoms with Gasteiger partial charge in [0.05, 0.1) is 12.4 Å². The zero-order valence-corrected chi connectivity index (χ0v) is 16.8. The molecule has 1 aromatic carbocycles. The van der Waals surface area contributed by atoms with E-state index in [9.17, 15) is 4.79 Å². The standard InChI is InChI=1S/C18H19N5O2.2CH4O/c1-2-13-8-9-14(25-13)23-11-21-15-16(19-10-20-17(15)23)22-18(24)12-6-4-3-5-7-12;2*1-2/h3-7,10-11,13-14H,2,8-9H2,1H3,(H,19,20,22,24);2*2H,1H3/t13-,14-;;/m1../s1. The fourth-order valence-electron chi connectivity index (χ4n) is 3.12. The van der Waals surface area contributed by atoms with Gasteiger partial charge in [-0.2, -0.15) is 0 Å². The minimum absolute atomic E-state index is 0.0671. The highest BCUT2D eigenvalue weighted by atomic mass is 16.5. The second kappa shape index (κ2) is 11.2. The molecule has 1 fully saturated rings. The molecule has 2 atom stereocenters. The van der Waals surface area contributed by atoms with Crippen LogP contribution < -0.4 is 5.32 Å². The lowest BCUT2D eigenvalue weighted by molar-refractivity contribution is 0.00289. The fraction of sp³-hybridized carbons (Fsp3) is 0.400. The number of hydrogen-bond acceptors (Lipinski definition) is 7. The summed E-state index contributed by atoms with van der Waals surface area (Å²) in [6, 6.07) is 9.02. The van der Waals surface area contributed by atoms with Crippen LogP contribution in [0.1, 0.15) is 42.8 Å². The van der Waals surface area contributed by atoms with E-state index in [1.54, 1.807) is 18.5 Å². The van der Waals surface area contributed by atoms with Crippen LogP contribution in [0.4, 0.5) is 5.82 Å². The average molecular weight is 401 g/mol. The summed E-state index contributed by atoms with van der Waals surface area (Å²) >= 11 is 0. The lowest BCUT2D eigenvalue weighted by Gasteiger charge is -2.14. The van der Waals surface area contributed by atoms with Gasteiger partial charge in [-0.3, -0.25) is 9.36 Å². The maximum Gasteiger partial charge on any atom is 0.256 e. The monoisotopic (exact) mass is 401 g/mol. The van der Waals surface area contributed by atoms with Crippen molar-refractivity contribution in [3.63, 3.8) is 0 Å². The number of carbonyl (C=O) groups excluding carboxylic acids is 1. The van der Waals surface area contributed by atoms with E-state index in [0.29, 0.717) is 22.5 Å². The number of rotatable bonds is 4. The molecular weight excluding hydrogens is 374 g/mol. The molecule has 9 nitrogen and oxygen atoms in total. The van der Waals surface area contributed by atoms with Crippen LogP contribution >= 0.6 is 0 Å². The van der Waals surface area contributed by atoms with Crippen LogP contribution in [0.25, 0.3) is 11.2 Å². The summed E-state index contributed by atoms with van der Waals surface area (Å²) in [6.45, 7) is 2.12. The number of nitrogens with one attached hydrogen (secondary N) is 1. The number of fused-ring (bicyclic) bond motifs is 1. The molecule has 1 amide bonds. The minimum Gasteiger partial charge on any atom is -0.400 e. The van der Waals surface area contributed by atoms with Gasteiger partial charge in [0.1, 0.15) is 12.6 Å². The number of imidazole rings is 1. The number of benzene rings is 1. The molecule has 0 radical (unpaired) electrons. The Labute approximate surface area is 169 Å². The molecule has 29 heavy (non-hydrogen) atoms. The van der Waals surface area contributed by atoms with Crippen LogP contribution in [-0.2, 0) is 4.74 Å². The van der Waals surface area contributed by atoms with E-state index in [0.717, 1.165) is 33.5 Å². The SMILES string of the molecule is CC[C@@H]1CC[C@H](n2cnc3c(NC(=O)c4ccccc4)ncnc32)O1.CO.CO. The quantitative estimate of drug-likeness (QED) is 0.613. The summed E-state index contributed by atoms with van der Waals surface area (Å²) in [4.78, 5) is 25.3. The minimum atomic E-state index is -0.224. The molecule has 2 aromatic heterocycles. The first kappa shape index (κ1) is 22.4. The molecule has 1 aliphatic rings. The predicted octanol–water partition coefficient (Wildman–Crippen LogP) is 2.38. The number of ether oxygens (including phenoxy) is 1. The van der Waals surface area contributed by atoms with Gasteiger partial charge < -0.3 is 20.3 Å². The molecule has 0 aliphatic carbocycles. The van der Waals surface area contributed by atoms with E-state index in [1.807, 2.05) is 22.8 Å². The molecule has 1 aliphatic heterocycles. The molecule has 0 bridgehead atoms. The van der Waals surface area contributed by atoms with Gasteiger partial charge in [0.25, 0.3) is 5.91 Å². The van der Waals surface area contributed by atoms with Gasteiger partial charge in [0, 0.05) is 19.8 Å². The molecule has 4 rings (SSSR count). The van der Waals surface area contributed by atoms with E-state index >= 15 is 0 Å². The van der Waals surface area contributed by atoms with Crippen molar-refractivity contribution in [2.24, 2.45) is 0 Å². The second-order valence-corrected chi connectivity index (χ2v) is 6.06. The van der Waals surface area contributed by atoms with Gasteiger partial charge in [0.2, 0.25) is 0 Å². The van der Waals surface area contributed by atoms with Gasteiger partial charge in [-0.25, -0.2) is 15.0 Å². The number of carbonyl (C=O) groups is 1. The molecular formula is C20H27N5O4. The van der Waals surface area contributed by atoms with Gasteiger partial charge in [-0.1, -0.05) is 25.1 Å². The van der Waals surface area contributed by atoms with Crippen molar-refractivity contribution in [1.82, 2.24) is 19.5 Å². The second-order valence-electron chi connectivity index (χ2n) is 6.06. The van der Waals surface area contributed by atoms with Crippen molar-refractivity contribution in [3.8, 4) is 0 Å². The summed E-state index contributed by atoms with van der Waals surface area (Å²) < 4.78 is 7.95. The first-order chi connectivity index (χ1) is 14.3. The zero-order chi connectivity index (χ0) is 21.2. The molecule has 0 unspecified atom stereocenters. The third-order valence-corrected chi connectivity index (χ3v) is 4.48. The first-order valence-corrected chi connectivity index (χ1v) is 9.35. The van der Waals surface area contributed by atoms with Gasteiger partial charge in [0.15, 0.2) is 17.0 Å². The Morgan fingerprint density at radius 2 is 1.86 bits per heavy atom. The van der Waals surface area contributed by atoms with Gasteiger partial charge in [-0.05, 0) is 31.4 Å².